The van der Waals surface area contributed by atoms with Crippen molar-refractivity contribution in [3.8, 4) is 0 Å². The summed E-state index contributed by atoms with van der Waals surface area (Å²) in [5.74, 6) is -0.0940. The average Bonchev–Trinajstić information content (AvgIpc) is 3.12. The maximum atomic E-state index is 12.3. The van der Waals surface area contributed by atoms with Crippen LogP contribution in [-0.4, -0.2) is 34.9 Å². The molecule has 0 saturated heterocycles. The molecule has 2 atom stereocenters. The van der Waals surface area contributed by atoms with E-state index in [4.69, 9.17) is 0 Å². The SMILES string of the molecule is CCCCC/C=C\C/C=C\CCCCCCCC(=O)NC(CO)C(O)/C=C/CC/C=C/CC/C=C/CCCCCCCCCCCCCCC. The summed E-state index contributed by atoms with van der Waals surface area (Å²) in [6.45, 7) is 4.25. The minimum Gasteiger partial charge on any atom is -0.394 e. The monoisotopic (exact) mass is 698 g/mol. The second-order valence-electron chi connectivity index (χ2n) is 14.4. The summed E-state index contributed by atoms with van der Waals surface area (Å²) in [7, 11) is 0. The van der Waals surface area contributed by atoms with Gasteiger partial charge in [-0.3, -0.25) is 4.79 Å². The minimum absolute atomic E-state index is 0.0940. The van der Waals surface area contributed by atoms with Crippen LogP contribution >= 0.6 is 0 Å². The summed E-state index contributed by atoms with van der Waals surface area (Å²) in [5, 5.41) is 22.9. The van der Waals surface area contributed by atoms with Crippen LogP contribution in [0.15, 0.2) is 60.8 Å². The molecule has 50 heavy (non-hydrogen) atoms. The molecule has 1 amide bonds. The highest BCUT2D eigenvalue weighted by atomic mass is 16.3. The summed E-state index contributed by atoms with van der Waals surface area (Å²) >= 11 is 0. The van der Waals surface area contributed by atoms with Crippen molar-refractivity contribution in [1.29, 1.82) is 0 Å². The number of carbonyl (C=O) groups excluding carboxylic acids is 1. The normalized spacial score (nSPS) is 13.6. The second kappa shape index (κ2) is 41.5. The molecule has 0 aliphatic carbocycles. The van der Waals surface area contributed by atoms with E-state index >= 15 is 0 Å². The Morgan fingerprint density at radius 1 is 0.480 bits per heavy atom. The number of nitrogens with one attached hydrogen (secondary N) is 1. The van der Waals surface area contributed by atoms with Crippen LogP contribution in [0.5, 0.6) is 0 Å². The molecule has 0 saturated carbocycles. The first-order chi connectivity index (χ1) is 24.7. The number of hydrogen-bond acceptors (Lipinski definition) is 3. The number of carbonyl (C=O) groups is 1. The van der Waals surface area contributed by atoms with Gasteiger partial charge in [0.1, 0.15) is 0 Å². The lowest BCUT2D eigenvalue weighted by atomic mass is 10.0. The third kappa shape index (κ3) is 37.3. The van der Waals surface area contributed by atoms with E-state index in [-0.39, 0.29) is 12.5 Å². The van der Waals surface area contributed by atoms with Gasteiger partial charge in [0.15, 0.2) is 0 Å². The molecule has 0 bridgehead atoms. The van der Waals surface area contributed by atoms with Crippen LogP contribution in [0.2, 0.25) is 0 Å². The molecule has 0 aromatic heterocycles. The molecule has 290 valence electrons. The Morgan fingerprint density at radius 3 is 1.32 bits per heavy atom. The first-order valence-electron chi connectivity index (χ1n) is 21.5. The van der Waals surface area contributed by atoms with E-state index < -0.39 is 12.1 Å². The minimum atomic E-state index is -0.877. The standard InChI is InChI=1S/C46H83NO3/c1-3-5-7-9-11-13-15-17-19-20-21-22-23-24-25-26-28-29-31-33-35-37-39-41-45(49)44(43-48)47-46(50)42-40-38-36-34-32-30-27-18-16-14-12-10-8-6-4-2/h12,14,18,25-27,31,33,39,41,44-45,48-49H,3-11,13,15-17,19-24,28-30,32,34-38,40,42-43H2,1-2H3,(H,47,50)/b14-12-,26-25+,27-18-,33-31+,41-39+. The van der Waals surface area contributed by atoms with Crippen LogP contribution < -0.4 is 5.32 Å². The van der Waals surface area contributed by atoms with Crippen molar-refractivity contribution < 1.29 is 15.0 Å². The Labute approximate surface area is 311 Å². The topological polar surface area (TPSA) is 69.6 Å². The predicted molar refractivity (Wildman–Crippen MR) is 221 cm³/mol. The highest BCUT2D eigenvalue weighted by Gasteiger charge is 2.17. The van der Waals surface area contributed by atoms with Crippen LogP contribution in [0.1, 0.15) is 206 Å². The molecule has 2 unspecified atom stereocenters. The number of unbranched alkanes of at least 4 members (excludes halogenated alkanes) is 23. The van der Waals surface area contributed by atoms with Gasteiger partial charge < -0.3 is 15.5 Å². The molecule has 0 aromatic carbocycles. The molecule has 0 radical (unpaired) electrons. The molecular formula is C46H83NO3. The first kappa shape index (κ1) is 48.1. The van der Waals surface area contributed by atoms with E-state index in [2.05, 4.69) is 67.8 Å². The Hall–Kier alpha value is -1.91. The zero-order valence-electron chi connectivity index (χ0n) is 33.2. The van der Waals surface area contributed by atoms with Crippen LogP contribution in [0.3, 0.4) is 0 Å². The third-order valence-electron chi connectivity index (χ3n) is 9.45. The number of hydrogen-bond donors (Lipinski definition) is 3. The highest BCUT2D eigenvalue weighted by molar-refractivity contribution is 5.76. The fraction of sp³-hybridized carbons (Fsp3) is 0.761. The zero-order chi connectivity index (χ0) is 36.4. The summed E-state index contributed by atoms with van der Waals surface area (Å²) in [5.41, 5.74) is 0. The lowest BCUT2D eigenvalue weighted by Crippen LogP contribution is -2.45. The highest BCUT2D eigenvalue weighted by Crippen LogP contribution is 2.13. The maximum Gasteiger partial charge on any atom is 0.220 e. The molecule has 0 aliphatic rings. The molecule has 0 heterocycles. The van der Waals surface area contributed by atoms with E-state index in [9.17, 15) is 15.0 Å². The Kier molecular flexibility index (Phi) is 39.9. The van der Waals surface area contributed by atoms with Gasteiger partial charge >= 0.3 is 0 Å². The fourth-order valence-electron chi connectivity index (χ4n) is 6.12. The fourth-order valence-corrected chi connectivity index (χ4v) is 6.12. The van der Waals surface area contributed by atoms with Crippen LogP contribution in [0.25, 0.3) is 0 Å². The summed E-state index contributed by atoms with van der Waals surface area (Å²) < 4.78 is 0. The van der Waals surface area contributed by atoms with Gasteiger partial charge in [-0.05, 0) is 77.0 Å². The van der Waals surface area contributed by atoms with Gasteiger partial charge in [0.05, 0.1) is 18.8 Å². The number of aliphatic hydroxyl groups excluding tert-OH is 2. The van der Waals surface area contributed by atoms with Crippen molar-refractivity contribution in [2.45, 2.75) is 219 Å². The molecule has 3 N–H and O–H groups in total. The van der Waals surface area contributed by atoms with Gasteiger partial charge in [0, 0.05) is 6.42 Å². The molecule has 0 aromatic rings. The molecule has 0 aliphatic heterocycles. The van der Waals surface area contributed by atoms with Crippen LogP contribution in [0, 0.1) is 0 Å². The van der Waals surface area contributed by atoms with Gasteiger partial charge in [-0.25, -0.2) is 0 Å². The Bertz CT molecular complexity index is 842. The predicted octanol–water partition coefficient (Wildman–Crippen LogP) is 13.3. The molecule has 4 heteroatoms. The molecular weight excluding hydrogens is 615 g/mol. The van der Waals surface area contributed by atoms with Crippen molar-refractivity contribution in [2.24, 2.45) is 0 Å². The van der Waals surface area contributed by atoms with Crippen molar-refractivity contribution in [3.05, 3.63) is 60.8 Å². The van der Waals surface area contributed by atoms with Crippen LogP contribution in [-0.2, 0) is 4.79 Å². The van der Waals surface area contributed by atoms with Gasteiger partial charge in [-0.2, -0.15) is 0 Å². The zero-order valence-corrected chi connectivity index (χ0v) is 33.2. The van der Waals surface area contributed by atoms with Crippen molar-refractivity contribution in [1.82, 2.24) is 5.32 Å². The number of aliphatic hydroxyl groups is 2. The number of allylic oxidation sites excluding steroid dienone is 9. The van der Waals surface area contributed by atoms with E-state index in [0.29, 0.717) is 6.42 Å². The second-order valence-corrected chi connectivity index (χ2v) is 14.4. The quantitative estimate of drug-likeness (QED) is 0.0444. The Morgan fingerprint density at radius 2 is 0.840 bits per heavy atom. The van der Waals surface area contributed by atoms with E-state index in [1.165, 1.54) is 128 Å². The maximum absolute atomic E-state index is 12.3. The first-order valence-corrected chi connectivity index (χ1v) is 21.5. The van der Waals surface area contributed by atoms with Gasteiger partial charge in [-0.15, -0.1) is 0 Å². The molecule has 0 fully saturated rings. The lowest BCUT2D eigenvalue weighted by Gasteiger charge is -2.19. The smallest absolute Gasteiger partial charge is 0.220 e. The van der Waals surface area contributed by atoms with Gasteiger partial charge in [0.25, 0.3) is 0 Å². The van der Waals surface area contributed by atoms with E-state index in [1.54, 1.807) is 6.08 Å². The van der Waals surface area contributed by atoms with E-state index in [0.717, 1.165) is 57.8 Å². The van der Waals surface area contributed by atoms with Gasteiger partial charge in [-0.1, -0.05) is 184 Å². The molecule has 0 spiro atoms. The van der Waals surface area contributed by atoms with Crippen molar-refractivity contribution in [2.75, 3.05) is 6.61 Å². The summed E-state index contributed by atoms with van der Waals surface area (Å²) in [6, 6.07) is -0.654. The molecule has 4 nitrogen and oxygen atoms in total. The lowest BCUT2D eigenvalue weighted by molar-refractivity contribution is -0.123. The average molecular weight is 698 g/mol. The van der Waals surface area contributed by atoms with Crippen molar-refractivity contribution in [3.63, 3.8) is 0 Å². The molecule has 0 rings (SSSR count). The number of rotatable bonds is 38. The van der Waals surface area contributed by atoms with Gasteiger partial charge in [0.2, 0.25) is 5.91 Å². The van der Waals surface area contributed by atoms with Crippen molar-refractivity contribution >= 4 is 5.91 Å². The largest absolute Gasteiger partial charge is 0.394 e. The summed E-state index contributed by atoms with van der Waals surface area (Å²) in [6.07, 6.45) is 57.5. The summed E-state index contributed by atoms with van der Waals surface area (Å²) in [4.78, 5) is 12.3. The van der Waals surface area contributed by atoms with E-state index in [1.807, 2.05) is 6.08 Å². The third-order valence-corrected chi connectivity index (χ3v) is 9.45. The Balaban J connectivity index is 3.68. The number of amides is 1. The van der Waals surface area contributed by atoms with Crippen LogP contribution in [0.4, 0.5) is 0 Å².